The van der Waals surface area contributed by atoms with Gasteiger partial charge in [-0.3, -0.25) is 0 Å². The van der Waals surface area contributed by atoms with E-state index in [1.807, 2.05) is 18.2 Å². The largest absolute Gasteiger partial charge is 0.388 e. The molecule has 0 fully saturated rings. The van der Waals surface area contributed by atoms with Gasteiger partial charge in [0.2, 0.25) is 0 Å². The van der Waals surface area contributed by atoms with Gasteiger partial charge in [-0.25, -0.2) is 0 Å². The second-order valence-electron chi connectivity index (χ2n) is 5.02. The number of fused-ring (bicyclic) bond motifs is 1. The number of hydrogen-bond acceptors (Lipinski definition) is 1. The zero-order valence-corrected chi connectivity index (χ0v) is 12.7. The van der Waals surface area contributed by atoms with Crippen LogP contribution in [0.3, 0.4) is 0 Å². The summed E-state index contributed by atoms with van der Waals surface area (Å²) in [5.41, 5.74) is 3.59. The topological polar surface area (TPSA) is 20.2 Å². The van der Waals surface area contributed by atoms with E-state index >= 15 is 0 Å². The first-order valence-corrected chi connectivity index (χ1v) is 7.53. The molecule has 0 bridgehead atoms. The molecule has 0 aromatic heterocycles. The Kier molecular flexibility index (Phi) is 3.66. The number of aliphatic hydroxyl groups is 1. The maximum atomic E-state index is 10.4. The van der Waals surface area contributed by atoms with Crippen molar-refractivity contribution in [2.75, 3.05) is 0 Å². The van der Waals surface area contributed by atoms with Crippen LogP contribution in [-0.4, -0.2) is 5.11 Å². The number of aliphatic hydroxyl groups excluding tert-OH is 1. The molecule has 0 saturated heterocycles. The van der Waals surface area contributed by atoms with E-state index in [-0.39, 0.29) is 0 Å². The minimum Gasteiger partial charge on any atom is -0.388 e. The van der Waals surface area contributed by atoms with Crippen LogP contribution in [0.1, 0.15) is 35.1 Å². The van der Waals surface area contributed by atoms with Gasteiger partial charge in [0, 0.05) is 9.50 Å². The third-order valence-electron chi connectivity index (χ3n) is 3.79. The molecule has 1 aliphatic carbocycles. The van der Waals surface area contributed by atoms with Gasteiger partial charge in [0.15, 0.2) is 0 Å². The normalized spacial score (nSPS) is 18.6. The van der Waals surface area contributed by atoms with Crippen LogP contribution in [0.5, 0.6) is 0 Å². The lowest BCUT2D eigenvalue weighted by molar-refractivity contribution is 0.153. The summed E-state index contributed by atoms with van der Waals surface area (Å²) in [5.74, 6) is 0.450. The van der Waals surface area contributed by atoms with Gasteiger partial charge in [0.05, 0.1) is 6.10 Å². The van der Waals surface area contributed by atoms with Crippen LogP contribution < -0.4 is 0 Å². The van der Waals surface area contributed by atoms with Crippen molar-refractivity contribution in [1.29, 1.82) is 0 Å². The third-order valence-corrected chi connectivity index (χ3v) is 4.61. The van der Waals surface area contributed by atoms with E-state index < -0.39 is 6.10 Å². The Hall–Kier alpha value is -0.830. The zero-order valence-electron chi connectivity index (χ0n) is 10.3. The standard InChI is InChI=1S/C16H14BrClO/c17-12-5-6-14(15(18)9-12)16(19)8-11-7-10-3-1-2-4-13(10)11/h1-6,9,11,16,19H,7-8H2. The molecule has 0 saturated carbocycles. The first-order chi connectivity index (χ1) is 9.15. The number of rotatable bonds is 3. The highest BCUT2D eigenvalue weighted by Gasteiger charge is 2.28. The summed E-state index contributed by atoms with van der Waals surface area (Å²) >= 11 is 9.56. The molecule has 2 aromatic rings. The van der Waals surface area contributed by atoms with E-state index in [4.69, 9.17) is 11.6 Å². The predicted molar refractivity (Wildman–Crippen MR) is 81.6 cm³/mol. The third kappa shape index (κ3) is 2.58. The second-order valence-corrected chi connectivity index (χ2v) is 6.34. The molecular weight excluding hydrogens is 324 g/mol. The molecule has 0 heterocycles. The van der Waals surface area contributed by atoms with Crippen LogP contribution >= 0.6 is 27.5 Å². The summed E-state index contributed by atoms with van der Waals surface area (Å²) in [6.07, 6.45) is 1.29. The maximum Gasteiger partial charge on any atom is 0.0810 e. The van der Waals surface area contributed by atoms with Crippen LogP contribution in [0.25, 0.3) is 0 Å². The molecule has 2 unspecified atom stereocenters. The van der Waals surface area contributed by atoms with Crippen molar-refractivity contribution < 1.29 is 5.11 Å². The van der Waals surface area contributed by atoms with Crippen molar-refractivity contribution in [3.05, 3.63) is 68.7 Å². The van der Waals surface area contributed by atoms with Gasteiger partial charge in [-0.2, -0.15) is 0 Å². The molecule has 1 nitrogen and oxygen atoms in total. The Morgan fingerprint density at radius 2 is 2.05 bits per heavy atom. The lowest BCUT2D eigenvalue weighted by atomic mass is 9.74. The van der Waals surface area contributed by atoms with Gasteiger partial charge >= 0.3 is 0 Å². The van der Waals surface area contributed by atoms with Crippen LogP contribution in [0.15, 0.2) is 46.9 Å². The van der Waals surface area contributed by atoms with E-state index in [1.54, 1.807) is 0 Å². The monoisotopic (exact) mass is 336 g/mol. The minimum absolute atomic E-state index is 0.450. The van der Waals surface area contributed by atoms with Crippen LogP contribution in [0.2, 0.25) is 5.02 Å². The molecule has 2 aromatic carbocycles. The lowest BCUT2D eigenvalue weighted by Gasteiger charge is -2.31. The molecule has 1 aliphatic rings. The Morgan fingerprint density at radius 3 is 2.79 bits per heavy atom. The summed E-state index contributed by atoms with van der Waals surface area (Å²) in [4.78, 5) is 0. The molecule has 3 rings (SSSR count). The Morgan fingerprint density at radius 1 is 1.26 bits per heavy atom. The highest BCUT2D eigenvalue weighted by molar-refractivity contribution is 9.10. The molecule has 19 heavy (non-hydrogen) atoms. The Balaban J connectivity index is 1.75. The van der Waals surface area contributed by atoms with Crippen molar-refractivity contribution >= 4 is 27.5 Å². The number of benzene rings is 2. The average Bonchev–Trinajstić information content (AvgIpc) is 2.35. The van der Waals surface area contributed by atoms with Crippen molar-refractivity contribution in [3.63, 3.8) is 0 Å². The summed E-state index contributed by atoms with van der Waals surface area (Å²) in [5, 5.41) is 11.0. The van der Waals surface area contributed by atoms with Crippen LogP contribution in [-0.2, 0) is 6.42 Å². The van der Waals surface area contributed by atoms with E-state index in [0.29, 0.717) is 10.9 Å². The first-order valence-electron chi connectivity index (χ1n) is 6.36. The fourth-order valence-electron chi connectivity index (χ4n) is 2.74. The van der Waals surface area contributed by atoms with Crippen molar-refractivity contribution in [2.45, 2.75) is 24.9 Å². The SMILES string of the molecule is OC(CC1Cc2ccccc21)c1ccc(Br)cc1Cl. The van der Waals surface area contributed by atoms with Gasteiger partial charge in [-0.15, -0.1) is 0 Å². The Labute approximate surface area is 126 Å². The quantitative estimate of drug-likeness (QED) is 0.847. The fraction of sp³-hybridized carbons (Fsp3) is 0.250. The molecule has 1 N–H and O–H groups in total. The molecule has 98 valence electrons. The maximum absolute atomic E-state index is 10.4. The van der Waals surface area contributed by atoms with E-state index in [0.717, 1.165) is 22.9 Å². The molecule has 0 amide bonds. The summed E-state index contributed by atoms with van der Waals surface area (Å²) in [7, 11) is 0. The molecular formula is C16H14BrClO. The van der Waals surface area contributed by atoms with Gasteiger partial charge < -0.3 is 5.11 Å². The van der Waals surface area contributed by atoms with E-state index in [9.17, 15) is 5.11 Å². The van der Waals surface area contributed by atoms with E-state index in [1.165, 1.54) is 11.1 Å². The number of halogens is 2. The summed E-state index contributed by atoms with van der Waals surface area (Å²) in [6, 6.07) is 14.1. The lowest BCUT2D eigenvalue weighted by Crippen LogP contribution is -2.19. The minimum atomic E-state index is -0.501. The number of hydrogen-bond donors (Lipinski definition) is 1. The highest BCUT2D eigenvalue weighted by atomic mass is 79.9. The molecule has 0 spiro atoms. The van der Waals surface area contributed by atoms with Gasteiger partial charge in [-0.1, -0.05) is 57.9 Å². The molecule has 0 radical (unpaired) electrons. The van der Waals surface area contributed by atoms with E-state index in [2.05, 4.69) is 40.2 Å². The van der Waals surface area contributed by atoms with Gasteiger partial charge in [-0.05, 0) is 47.6 Å². The van der Waals surface area contributed by atoms with Gasteiger partial charge in [0.25, 0.3) is 0 Å². The average molecular weight is 338 g/mol. The first kappa shape index (κ1) is 13.2. The van der Waals surface area contributed by atoms with Gasteiger partial charge in [0.1, 0.15) is 0 Å². The smallest absolute Gasteiger partial charge is 0.0810 e. The van der Waals surface area contributed by atoms with Crippen LogP contribution in [0, 0.1) is 0 Å². The van der Waals surface area contributed by atoms with Crippen molar-refractivity contribution in [1.82, 2.24) is 0 Å². The summed E-state index contributed by atoms with van der Waals surface area (Å²) < 4.78 is 0.933. The van der Waals surface area contributed by atoms with Crippen LogP contribution in [0.4, 0.5) is 0 Å². The molecule has 2 atom stereocenters. The Bertz CT molecular complexity index is 611. The van der Waals surface area contributed by atoms with Crippen molar-refractivity contribution in [2.24, 2.45) is 0 Å². The second kappa shape index (κ2) is 5.28. The van der Waals surface area contributed by atoms with Crippen molar-refractivity contribution in [3.8, 4) is 0 Å². The fourth-order valence-corrected chi connectivity index (χ4v) is 3.54. The zero-order chi connectivity index (χ0) is 13.4. The highest BCUT2D eigenvalue weighted by Crippen LogP contribution is 2.41. The molecule has 3 heteroatoms. The predicted octanol–water partition coefficient (Wildman–Crippen LogP) is 4.87. The molecule has 0 aliphatic heterocycles. The summed E-state index contributed by atoms with van der Waals surface area (Å²) in [6.45, 7) is 0.